The number of hydrogen-bond acceptors (Lipinski definition) is 2. The Morgan fingerprint density at radius 1 is 1.33 bits per heavy atom. The van der Waals surface area contributed by atoms with Crippen molar-refractivity contribution in [3.05, 3.63) is 28.7 Å². The average Bonchev–Trinajstić information content (AvgIpc) is 2.31. The van der Waals surface area contributed by atoms with Crippen molar-refractivity contribution in [2.24, 2.45) is 0 Å². The lowest BCUT2D eigenvalue weighted by atomic mass is 10.2. The summed E-state index contributed by atoms with van der Waals surface area (Å²) >= 11 is 3.41. The summed E-state index contributed by atoms with van der Waals surface area (Å²) in [7, 11) is 0. The predicted molar refractivity (Wildman–Crippen MR) is 74.7 cm³/mol. The van der Waals surface area contributed by atoms with Crippen LogP contribution in [-0.2, 0) is 4.74 Å². The van der Waals surface area contributed by atoms with Gasteiger partial charge in [0.2, 0.25) is 0 Å². The molecule has 1 aliphatic heterocycles. The van der Waals surface area contributed by atoms with Crippen molar-refractivity contribution in [3.8, 4) is 0 Å². The normalized spacial score (nSPS) is 23.8. The fourth-order valence-corrected chi connectivity index (χ4v) is 2.48. The van der Waals surface area contributed by atoms with Gasteiger partial charge in [0.25, 0.3) is 0 Å². The van der Waals surface area contributed by atoms with Crippen LogP contribution in [0.4, 0.5) is 10.5 Å². The van der Waals surface area contributed by atoms with Crippen molar-refractivity contribution in [1.29, 1.82) is 0 Å². The van der Waals surface area contributed by atoms with Crippen molar-refractivity contribution in [1.82, 2.24) is 4.90 Å². The number of anilines is 1. The first-order valence-electron chi connectivity index (χ1n) is 6.02. The Kier molecular flexibility index (Phi) is 4.24. The zero-order valence-corrected chi connectivity index (χ0v) is 12.1. The van der Waals surface area contributed by atoms with E-state index in [1.807, 2.05) is 38.1 Å². The molecule has 1 N–H and O–H groups in total. The number of morpholine rings is 1. The second-order valence-electron chi connectivity index (χ2n) is 4.57. The molecule has 98 valence electrons. The highest BCUT2D eigenvalue weighted by atomic mass is 79.9. The largest absolute Gasteiger partial charge is 0.372 e. The van der Waals surface area contributed by atoms with Crippen LogP contribution in [0.15, 0.2) is 28.7 Å². The van der Waals surface area contributed by atoms with E-state index in [4.69, 9.17) is 4.74 Å². The smallest absolute Gasteiger partial charge is 0.322 e. The maximum Gasteiger partial charge on any atom is 0.322 e. The summed E-state index contributed by atoms with van der Waals surface area (Å²) in [4.78, 5) is 13.9. The summed E-state index contributed by atoms with van der Waals surface area (Å²) in [6, 6.07) is 7.50. The van der Waals surface area contributed by atoms with Gasteiger partial charge in [0.05, 0.1) is 17.9 Å². The maximum absolute atomic E-state index is 12.1. The number of benzene rings is 1. The summed E-state index contributed by atoms with van der Waals surface area (Å²) in [5.41, 5.74) is 0.786. The third kappa shape index (κ3) is 3.23. The molecule has 0 unspecified atom stereocenters. The number of urea groups is 1. The van der Waals surface area contributed by atoms with Gasteiger partial charge in [-0.25, -0.2) is 4.79 Å². The highest BCUT2D eigenvalue weighted by Crippen LogP contribution is 2.22. The van der Waals surface area contributed by atoms with Crippen molar-refractivity contribution >= 4 is 27.6 Å². The molecular formula is C13H17BrN2O2. The second kappa shape index (κ2) is 5.71. The van der Waals surface area contributed by atoms with Gasteiger partial charge in [0.15, 0.2) is 0 Å². The van der Waals surface area contributed by atoms with Gasteiger partial charge in [0.1, 0.15) is 0 Å². The van der Waals surface area contributed by atoms with Crippen molar-refractivity contribution in [3.63, 3.8) is 0 Å². The Labute approximate surface area is 115 Å². The minimum Gasteiger partial charge on any atom is -0.372 e. The molecule has 0 spiro atoms. The highest BCUT2D eigenvalue weighted by Gasteiger charge is 2.25. The number of ether oxygens (including phenoxy) is 1. The molecule has 1 saturated heterocycles. The van der Waals surface area contributed by atoms with Crippen molar-refractivity contribution in [2.75, 3.05) is 18.4 Å². The lowest BCUT2D eigenvalue weighted by molar-refractivity contribution is -0.0530. The molecule has 2 atom stereocenters. The number of hydrogen-bond donors (Lipinski definition) is 1. The summed E-state index contributed by atoms with van der Waals surface area (Å²) < 4.78 is 6.49. The van der Waals surface area contributed by atoms with Gasteiger partial charge < -0.3 is 15.0 Å². The second-order valence-corrected chi connectivity index (χ2v) is 5.43. The highest BCUT2D eigenvalue weighted by molar-refractivity contribution is 9.10. The molecule has 0 aromatic heterocycles. The Bertz CT molecular complexity index is 429. The predicted octanol–water partition coefficient (Wildman–Crippen LogP) is 3.09. The Morgan fingerprint density at radius 3 is 2.56 bits per heavy atom. The number of rotatable bonds is 1. The van der Waals surface area contributed by atoms with E-state index in [2.05, 4.69) is 21.2 Å². The number of carbonyl (C=O) groups excluding carboxylic acids is 1. The average molecular weight is 313 g/mol. The van der Waals surface area contributed by atoms with Crippen LogP contribution in [-0.4, -0.2) is 36.2 Å². The van der Waals surface area contributed by atoms with Crippen LogP contribution in [0.3, 0.4) is 0 Å². The molecule has 2 amide bonds. The minimum atomic E-state index is -0.0797. The lowest BCUT2D eigenvalue weighted by Gasteiger charge is -2.35. The van der Waals surface area contributed by atoms with E-state index in [0.29, 0.717) is 13.1 Å². The zero-order chi connectivity index (χ0) is 13.1. The van der Waals surface area contributed by atoms with Crippen LogP contribution in [0.5, 0.6) is 0 Å². The van der Waals surface area contributed by atoms with Crippen LogP contribution in [0.25, 0.3) is 0 Å². The van der Waals surface area contributed by atoms with Crippen LogP contribution in [0, 0.1) is 0 Å². The number of nitrogens with zero attached hydrogens (tertiary/aromatic N) is 1. The molecule has 1 aromatic carbocycles. The van der Waals surface area contributed by atoms with E-state index in [1.54, 1.807) is 4.90 Å². The van der Waals surface area contributed by atoms with Gasteiger partial charge in [-0.3, -0.25) is 0 Å². The van der Waals surface area contributed by atoms with Gasteiger partial charge >= 0.3 is 6.03 Å². The molecule has 18 heavy (non-hydrogen) atoms. The van der Waals surface area contributed by atoms with E-state index in [9.17, 15) is 4.79 Å². The molecule has 5 heteroatoms. The zero-order valence-electron chi connectivity index (χ0n) is 10.5. The monoisotopic (exact) mass is 312 g/mol. The number of amides is 2. The standard InChI is InChI=1S/C13H17BrN2O2/c1-9-7-16(8-10(2)18-9)13(17)15-12-6-4-3-5-11(12)14/h3-6,9-10H,7-8H2,1-2H3,(H,15,17)/t9-,10-/m0/s1. The van der Waals surface area contributed by atoms with E-state index in [0.717, 1.165) is 10.2 Å². The van der Waals surface area contributed by atoms with Crippen molar-refractivity contribution in [2.45, 2.75) is 26.1 Å². The van der Waals surface area contributed by atoms with Gasteiger partial charge in [-0.2, -0.15) is 0 Å². The molecular weight excluding hydrogens is 296 g/mol. The molecule has 1 fully saturated rings. The van der Waals surface area contributed by atoms with E-state index in [-0.39, 0.29) is 18.2 Å². The Morgan fingerprint density at radius 2 is 1.94 bits per heavy atom. The maximum atomic E-state index is 12.1. The number of nitrogens with one attached hydrogen (secondary N) is 1. The first-order valence-corrected chi connectivity index (χ1v) is 6.81. The fourth-order valence-electron chi connectivity index (χ4n) is 2.10. The summed E-state index contributed by atoms with van der Waals surface area (Å²) in [5, 5.41) is 2.91. The Hall–Kier alpha value is -1.07. The number of carbonyl (C=O) groups is 1. The van der Waals surface area contributed by atoms with Crippen LogP contribution in [0.2, 0.25) is 0 Å². The third-order valence-electron chi connectivity index (χ3n) is 2.82. The summed E-state index contributed by atoms with van der Waals surface area (Å²) in [6.45, 7) is 5.21. The Balaban J connectivity index is 2.02. The molecule has 1 aromatic rings. The van der Waals surface area contributed by atoms with Crippen LogP contribution >= 0.6 is 15.9 Å². The van der Waals surface area contributed by atoms with Crippen LogP contribution < -0.4 is 5.32 Å². The third-order valence-corrected chi connectivity index (χ3v) is 3.51. The van der Waals surface area contributed by atoms with E-state index in [1.165, 1.54) is 0 Å². The molecule has 0 saturated carbocycles. The first-order chi connectivity index (χ1) is 8.56. The van der Waals surface area contributed by atoms with Gasteiger partial charge in [-0.15, -0.1) is 0 Å². The lowest BCUT2D eigenvalue weighted by Crippen LogP contribution is -2.49. The van der Waals surface area contributed by atoms with Crippen LogP contribution in [0.1, 0.15) is 13.8 Å². The number of para-hydroxylation sites is 1. The molecule has 0 aliphatic carbocycles. The summed E-state index contributed by atoms with van der Waals surface area (Å²) in [6.07, 6.45) is 0.164. The van der Waals surface area contributed by atoms with Crippen molar-refractivity contribution < 1.29 is 9.53 Å². The van der Waals surface area contributed by atoms with Gasteiger partial charge in [0, 0.05) is 17.6 Å². The molecule has 0 bridgehead atoms. The molecule has 1 heterocycles. The topological polar surface area (TPSA) is 41.6 Å². The minimum absolute atomic E-state index is 0.0797. The van der Waals surface area contributed by atoms with E-state index < -0.39 is 0 Å². The molecule has 0 radical (unpaired) electrons. The summed E-state index contributed by atoms with van der Waals surface area (Å²) in [5.74, 6) is 0. The molecule has 4 nitrogen and oxygen atoms in total. The number of halogens is 1. The van der Waals surface area contributed by atoms with Gasteiger partial charge in [-0.1, -0.05) is 12.1 Å². The molecule has 2 rings (SSSR count). The van der Waals surface area contributed by atoms with Gasteiger partial charge in [-0.05, 0) is 41.9 Å². The van der Waals surface area contributed by atoms with E-state index >= 15 is 0 Å². The first kappa shape index (κ1) is 13.4. The molecule has 1 aliphatic rings. The SMILES string of the molecule is C[C@H]1CN(C(=O)Nc2ccccc2Br)C[C@H](C)O1. The quantitative estimate of drug-likeness (QED) is 0.865. The fraction of sp³-hybridized carbons (Fsp3) is 0.462.